The van der Waals surface area contributed by atoms with Crippen molar-refractivity contribution in [2.45, 2.75) is 77.2 Å². The van der Waals surface area contributed by atoms with Crippen molar-refractivity contribution < 1.29 is 0 Å². The number of hydrogen-bond donors (Lipinski definition) is 1. The summed E-state index contributed by atoms with van der Waals surface area (Å²) in [6.45, 7) is 3.46. The van der Waals surface area contributed by atoms with Crippen LogP contribution in [0, 0.1) is 5.92 Å². The standard InChI is InChI=1S/C16H29N/c1-2-13-17-16(15-9-5-6-10-15)12-11-14-7-3-4-8-14/h9,14,16-17H,2-8,10-13H2,1H3. The van der Waals surface area contributed by atoms with Crippen LogP contribution >= 0.6 is 0 Å². The van der Waals surface area contributed by atoms with E-state index in [4.69, 9.17) is 0 Å². The molecule has 1 unspecified atom stereocenters. The summed E-state index contributed by atoms with van der Waals surface area (Å²) in [6, 6.07) is 0.707. The lowest BCUT2D eigenvalue weighted by molar-refractivity contribution is 0.427. The average Bonchev–Trinajstić information content (AvgIpc) is 3.01. The molecule has 2 rings (SSSR count). The van der Waals surface area contributed by atoms with Gasteiger partial charge in [0.25, 0.3) is 0 Å². The van der Waals surface area contributed by atoms with Crippen LogP contribution in [0.3, 0.4) is 0 Å². The van der Waals surface area contributed by atoms with Crippen molar-refractivity contribution in [3.63, 3.8) is 0 Å². The van der Waals surface area contributed by atoms with Crippen molar-refractivity contribution in [2.24, 2.45) is 5.92 Å². The minimum atomic E-state index is 0.707. The van der Waals surface area contributed by atoms with E-state index in [1.54, 1.807) is 5.57 Å². The van der Waals surface area contributed by atoms with Gasteiger partial charge in [-0.3, -0.25) is 0 Å². The topological polar surface area (TPSA) is 12.0 Å². The van der Waals surface area contributed by atoms with Crippen molar-refractivity contribution in [3.8, 4) is 0 Å². The third-order valence-corrected chi connectivity index (χ3v) is 4.50. The molecule has 0 aliphatic heterocycles. The van der Waals surface area contributed by atoms with Gasteiger partial charge in [0.15, 0.2) is 0 Å². The highest BCUT2D eigenvalue weighted by molar-refractivity contribution is 5.15. The molecular weight excluding hydrogens is 206 g/mol. The lowest BCUT2D eigenvalue weighted by atomic mass is 9.94. The van der Waals surface area contributed by atoms with Gasteiger partial charge in [-0.25, -0.2) is 0 Å². The molecule has 0 spiro atoms. The van der Waals surface area contributed by atoms with Crippen LogP contribution in [0.1, 0.15) is 71.1 Å². The summed E-state index contributed by atoms with van der Waals surface area (Å²) in [6.07, 6.45) is 16.6. The molecule has 0 heterocycles. The smallest absolute Gasteiger partial charge is 0.0279 e. The van der Waals surface area contributed by atoms with Gasteiger partial charge in [-0.05, 0) is 51.0 Å². The molecule has 1 heteroatoms. The van der Waals surface area contributed by atoms with E-state index in [9.17, 15) is 0 Å². The fourth-order valence-corrected chi connectivity index (χ4v) is 3.45. The van der Waals surface area contributed by atoms with E-state index in [0.29, 0.717) is 6.04 Å². The average molecular weight is 235 g/mol. The molecule has 0 aromatic carbocycles. The normalized spacial score (nSPS) is 23.0. The molecule has 0 aromatic rings. The molecule has 1 atom stereocenters. The van der Waals surface area contributed by atoms with Gasteiger partial charge in [0.05, 0.1) is 0 Å². The maximum absolute atomic E-state index is 3.77. The predicted molar refractivity (Wildman–Crippen MR) is 75.2 cm³/mol. The lowest BCUT2D eigenvalue weighted by Crippen LogP contribution is -2.31. The first-order chi connectivity index (χ1) is 8.40. The second-order valence-corrected chi connectivity index (χ2v) is 5.91. The second-order valence-electron chi connectivity index (χ2n) is 5.91. The molecule has 1 saturated carbocycles. The van der Waals surface area contributed by atoms with Crippen LogP contribution < -0.4 is 5.32 Å². The van der Waals surface area contributed by atoms with Crippen molar-refractivity contribution in [1.82, 2.24) is 5.32 Å². The second kappa shape index (κ2) is 7.20. The quantitative estimate of drug-likeness (QED) is 0.643. The van der Waals surface area contributed by atoms with E-state index >= 15 is 0 Å². The Bertz CT molecular complexity index is 238. The van der Waals surface area contributed by atoms with E-state index in [1.165, 1.54) is 70.8 Å². The van der Waals surface area contributed by atoms with Crippen LogP contribution in [0.5, 0.6) is 0 Å². The lowest BCUT2D eigenvalue weighted by Gasteiger charge is -2.21. The molecule has 1 N–H and O–H groups in total. The van der Waals surface area contributed by atoms with Crippen LogP contribution in [-0.4, -0.2) is 12.6 Å². The Morgan fingerprint density at radius 2 is 2.12 bits per heavy atom. The Balaban J connectivity index is 1.77. The van der Waals surface area contributed by atoms with Crippen LogP contribution in [-0.2, 0) is 0 Å². The zero-order valence-corrected chi connectivity index (χ0v) is 11.5. The highest BCUT2D eigenvalue weighted by Gasteiger charge is 2.20. The third-order valence-electron chi connectivity index (χ3n) is 4.50. The van der Waals surface area contributed by atoms with E-state index < -0.39 is 0 Å². The van der Waals surface area contributed by atoms with Crippen molar-refractivity contribution in [2.75, 3.05) is 6.54 Å². The largest absolute Gasteiger partial charge is 0.310 e. The van der Waals surface area contributed by atoms with E-state index in [2.05, 4.69) is 18.3 Å². The van der Waals surface area contributed by atoms with Gasteiger partial charge in [0.2, 0.25) is 0 Å². The van der Waals surface area contributed by atoms with Gasteiger partial charge in [-0.2, -0.15) is 0 Å². The van der Waals surface area contributed by atoms with Gasteiger partial charge in [-0.1, -0.05) is 44.3 Å². The van der Waals surface area contributed by atoms with Crippen molar-refractivity contribution in [3.05, 3.63) is 11.6 Å². The molecule has 2 aliphatic rings. The first-order valence-corrected chi connectivity index (χ1v) is 7.82. The van der Waals surface area contributed by atoms with Crippen LogP contribution in [0.2, 0.25) is 0 Å². The number of nitrogens with one attached hydrogen (secondary N) is 1. The SMILES string of the molecule is CCCNC(CCC1CCCC1)C1=CCCC1. The highest BCUT2D eigenvalue weighted by Crippen LogP contribution is 2.31. The van der Waals surface area contributed by atoms with E-state index in [0.717, 1.165) is 5.92 Å². The van der Waals surface area contributed by atoms with Crippen LogP contribution in [0.4, 0.5) is 0 Å². The summed E-state index contributed by atoms with van der Waals surface area (Å²) in [4.78, 5) is 0. The summed E-state index contributed by atoms with van der Waals surface area (Å²) >= 11 is 0. The zero-order valence-electron chi connectivity index (χ0n) is 11.5. The molecule has 17 heavy (non-hydrogen) atoms. The number of rotatable bonds is 7. The summed E-state index contributed by atoms with van der Waals surface area (Å²) in [5.41, 5.74) is 1.72. The Labute approximate surface area is 107 Å². The fraction of sp³-hybridized carbons (Fsp3) is 0.875. The third kappa shape index (κ3) is 4.13. The molecule has 2 aliphatic carbocycles. The van der Waals surface area contributed by atoms with Gasteiger partial charge in [-0.15, -0.1) is 0 Å². The maximum Gasteiger partial charge on any atom is 0.0279 e. The molecule has 0 aromatic heterocycles. The van der Waals surface area contributed by atoms with Crippen LogP contribution in [0.25, 0.3) is 0 Å². The van der Waals surface area contributed by atoms with Gasteiger partial charge in [0.1, 0.15) is 0 Å². The Morgan fingerprint density at radius 3 is 2.76 bits per heavy atom. The molecule has 0 amide bonds. The van der Waals surface area contributed by atoms with Crippen molar-refractivity contribution in [1.29, 1.82) is 0 Å². The van der Waals surface area contributed by atoms with Crippen molar-refractivity contribution >= 4 is 0 Å². The first kappa shape index (κ1) is 13.1. The molecule has 1 nitrogen and oxygen atoms in total. The van der Waals surface area contributed by atoms with Gasteiger partial charge in [0, 0.05) is 6.04 Å². The summed E-state index contributed by atoms with van der Waals surface area (Å²) < 4.78 is 0. The Kier molecular flexibility index (Phi) is 5.57. The number of allylic oxidation sites excluding steroid dienone is 1. The van der Waals surface area contributed by atoms with Gasteiger partial charge < -0.3 is 5.32 Å². The minimum Gasteiger partial charge on any atom is -0.310 e. The molecule has 1 fully saturated rings. The van der Waals surface area contributed by atoms with Crippen LogP contribution in [0.15, 0.2) is 11.6 Å². The first-order valence-electron chi connectivity index (χ1n) is 7.82. The zero-order chi connectivity index (χ0) is 11.9. The Morgan fingerprint density at radius 1 is 1.29 bits per heavy atom. The van der Waals surface area contributed by atoms with E-state index in [1.807, 2.05) is 0 Å². The van der Waals surface area contributed by atoms with Gasteiger partial charge >= 0.3 is 0 Å². The summed E-state index contributed by atoms with van der Waals surface area (Å²) in [5, 5.41) is 3.77. The molecule has 0 radical (unpaired) electrons. The predicted octanol–water partition coefficient (Wildman–Crippen LogP) is 4.44. The molecule has 0 saturated heterocycles. The maximum atomic E-state index is 3.77. The summed E-state index contributed by atoms with van der Waals surface area (Å²) in [7, 11) is 0. The Hall–Kier alpha value is -0.300. The molecular formula is C16H29N. The minimum absolute atomic E-state index is 0.707. The summed E-state index contributed by atoms with van der Waals surface area (Å²) in [5.74, 6) is 1.04. The number of hydrogen-bond acceptors (Lipinski definition) is 1. The fourth-order valence-electron chi connectivity index (χ4n) is 3.45. The highest BCUT2D eigenvalue weighted by atomic mass is 14.9. The molecule has 0 bridgehead atoms. The van der Waals surface area contributed by atoms with E-state index in [-0.39, 0.29) is 0 Å². The monoisotopic (exact) mass is 235 g/mol. The molecule has 98 valence electrons.